The standard InChI is InChI=1S/C17H27N3O4S/c1-14(2)24-11-12-25(22,23)20-9-7-19(8-10-20)17(21)13-15-3-5-16(18)6-4-15/h3-6,14H,7-13,18H2,1-2H3. The number of hydrogen-bond donors (Lipinski definition) is 1. The number of ether oxygens (including phenoxy) is 1. The molecule has 1 amide bonds. The van der Waals surface area contributed by atoms with Crippen LogP contribution in [-0.4, -0.2) is 68.2 Å². The Bertz CT molecular complexity index is 666. The predicted molar refractivity (Wildman–Crippen MR) is 97.6 cm³/mol. The van der Waals surface area contributed by atoms with Gasteiger partial charge in [0.05, 0.1) is 24.9 Å². The molecule has 7 nitrogen and oxygen atoms in total. The first kappa shape index (κ1) is 19.7. The van der Waals surface area contributed by atoms with Gasteiger partial charge in [-0.15, -0.1) is 0 Å². The van der Waals surface area contributed by atoms with Gasteiger partial charge in [0.25, 0.3) is 0 Å². The summed E-state index contributed by atoms with van der Waals surface area (Å²) in [6.45, 7) is 5.43. The van der Waals surface area contributed by atoms with Crippen LogP contribution in [0.5, 0.6) is 0 Å². The van der Waals surface area contributed by atoms with E-state index in [2.05, 4.69) is 0 Å². The molecule has 1 aliphatic heterocycles. The number of carbonyl (C=O) groups excluding carboxylic acids is 1. The highest BCUT2D eigenvalue weighted by molar-refractivity contribution is 7.89. The lowest BCUT2D eigenvalue weighted by atomic mass is 10.1. The number of rotatable bonds is 7. The third-order valence-corrected chi connectivity index (χ3v) is 5.95. The summed E-state index contributed by atoms with van der Waals surface area (Å²) in [5.41, 5.74) is 7.21. The average Bonchev–Trinajstić information content (AvgIpc) is 2.56. The van der Waals surface area contributed by atoms with Crippen molar-refractivity contribution in [2.45, 2.75) is 26.4 Å². The minimum absolute atomic E-state index is 0.00459. The smallest absolute Gasteiger partial charge is 0.227 e. The molecule has 2 N–H and O–H groups in total. The molecule has 0 aliphatic carbocycles. The summed E-state index contributed by atoms with van der Waals surface area (Å²) in [5, 5.41) is 0. The van der Waals surface area contributed by atoms with Crippen LogP contribution < -0.4 is 5.73 Å². The second kappa shape index (κ2) is 8.64. The van der Waals surface area contributed by atoms with E-state index in [4.69, 9.17) is 10.5 Å². The van der Waals surface area contributed by atoms with E-state index < -0.39 is 10.0 Å². The molecule has 0 bridgehead atoms. The average molecular weight is 369 g/mol. The van der Waals surface area contributed by atoms with E-state index in [0.717, 1.165) is 5.56 Å². The van der Waals surface area contributed by atoms with Crippen LogP contribution in [0.3, 0.4) is 0 Å². The zero-order valence-electron chi connectivity index (χ0n) is 14.8. The lowest BCUT2D eigenvalue weighted by Gasteiger charge is -2.34. The van der Waals surface area contributed by atoms with E-state index in [0.29, 0.717) is 38.3 Å². The fraction of sp³-hybridized carbons (Fsp3) is 0.588. The molecule has 1 saturated heterocycles. The maximum Gasteiger partial charge on any atom is 0.227 e. The number of amides is 1. The zero-order chi connectivity index (χ0) is 18.4. The van der Waals surface area contributed by atoms with Crippen molar-refractivity contribution in [2.24, 2.45) is 0 Å². The summed E-state index contributed by atoms with van der Waals surface area (Å²) in [6.07, 6.45) is 0.313. The molecule has 0 saturated carbocycles. The molecule has 140 valence electrons. The van der Waals surface area contributed by atoms with Crippen LogP contribution in [-0.2, 0) is 26.0 Å². The highest BCUT2D eigenvalue weighted by Gasteiger charge is 2.28. The molecule has 1 aromatic rings. The number of sulfonamides is 1. The lowest BCUT2D eigenvalue weighted by molar-refractivity contribution is -0.131. The Morgan fingerprint density at radius 2 is 1.76 bits per heavy atom. The van der Waals surface area contributed by atoms with Crippen molar-refractivity contribution in [3.63, 3.8) is 0 Å². The van der Waals surface area contributed by atoms with E-state index in [1.165, 1.54) is 4.31 Å². The van der Waals surface area contributed by atoms with E-state index in [-0.39, 0.29) is 24.4 Å². The van der Waals surface area contributed by atoms with Crippen LogP contribution in [0.25, 0.3) is 0 Å². The number of anilines is 1. The van der Waals surface area contributed by atoms with Gasteiger partial charge in [0.1, 0.15) is 0 Å². The molecule has 1 aromatic carbocycles. The van der Waals surface area contributed by atoms with Gasteiger partial charge >= 0.3 is 0 Å². The molecular weight excluding hydrogens is 342 g/mol. The van der Waals surface area contributed by atoms with Gasteiger partial charge in [-0.1, -0.05) is 12.1 Å². The van der Waals surface area contributed by atoms with Gasteiger partial charge in [0.2, 0.25) is 15.9 Å². The maximum atomic E-state index is 12.4. The van der Waals surface area contributed by atoms with E-state index >= 15 is 0 Å². The molecule has 1 aliphatic rings. The Labute approximate surface area is 149 Å². The number of nitrogens with zero attached hydrogens (tertiary/aromatic N) is 2. The number of piperazine rings is 1. The molecule has 0 atom stereocenters. The van der Waals surface area contributed by atoms with Crippen LogP contribution >= 0.6 is 0 Å². The minimum atomic E-state index is -3.34. The topological polar surface area (TPSA) is 92.9 Å². The van der Waals surface area contributed by atoms with Crippen LogP contribution in [0.2, 0.25) is 0 Å². The SMILES string of the molecule is CC(C)OCCS(=O)(=O)N1CCN(C(=O)Cc2ccc(N)cc2)CC1. The first-order valence-corrected chi connectivity index (χ1v) is 10.1. The fourth-order valence-electron chi connectivity index (χ4n) is 2.66. The van der Waals surface area contributed by atoms with Gasteiger partial charge in [-0.25, -0.2) is 8.42 Å². The van der Waals surface area contributed by atoms with Gasteiger partial charge in [-0.05, 0) is 31.5 Å². The normalized spacial score (nSPS) is 16.4. The number of benzene rings is 1. The highest BCUT2D eigenvalue weighted by Crippen LogP contribution is 2.12. The van der Waals surface area contributed by atoms with Crippen LogP contribution in [0, 0.1) is 0 Å². The summed E-state index contributed by atoms with van der Waals surface area (Å²) < 4.78 is 31.4. The van der Waals surface area contributed by atoms with Crippen molar-refractivity contribution < 1.29 is 17.9 Å². The number of nitrogens with two attached hydrogens (primary N) is 1. The number of carbonyl (C=O) groups is 1. The molecular formula is C17H27N3O4S. The van der Waals surface area contributed by atoms with Gasteiger partial charge in [0.15, 0.2) is 0 Å². The van der Waals surface area contributed by atoms with Crippen LogP contribution in [0.1, 0.15) is 19.4 Å². The third kappa shape index (κ3) is 5.98. The van der Waals surface area contributed by atoms with Gasteiger partial charge < -0.3 is 15.4 Å². The van der Waals surface area contributed by atoms with Crippen LogP contribution in [0.15, 0.2) is 24.3 Å². The second-order valence-corrected chi connectivity index (χ2v) is 8.52. The summed E-state index contributed by atoms with van der Waals surface area (Å²) in [4.78, 5) is 14.1. The minimum Gasteiger partial charge on any atom is -0.399 e. The first-order chi connectivity index (χ1) is 11.8. The second-order valence-electron chi connectivity index (χ2n) is 6.43. The summed E-state index contributed by atoms with van der Waals surface area (Å²) in [5.74, 6) is -0.0187. The van der Waals surface area contributed by atoms with Gasteiger partial charge in [0, 0.05) is 31.9 Å². The Balaban J connectivity index is 1.82. The summed E-state index contributed by atoms with van der Waals surface area (Å²) >= 11 is 0. The maximum absolute atomic E-state index is 12.4. The van der Waals surface area contributed by atoms with Crippen molar-refractivity contribution in [2.75, 3.05) is 44.3 Å². The summed E-state index contributed by atoms with van der Waals surface area (Å²) in [7, 11) is -3.34. The van der Waals surface area contributed by atoms with Crippen molar-refractivity contribution in [3.05, 3.63) is 29.8 Å². The van der Waals surface area contributed by atoms with E-state index in [1.807, 2.05) is 26.0 Å². The number of nitrogen functional groups attached to an aromatic ring is 1. The Kier molecular flexibility index (Phi) is 6.80. The third-order valence-electron chi connectivity index (χ3n) is 4.11. The molecule has 8 heteroatoms. The molecule has 0 unspecified atom stereocenters. The Hall–Kier alpha value is -1.64. The largest absolute Gasteiger partial charge is 0.399 e. The fourth-order valence-corrected chi connectivity index (χ4v) is 3.94. The monoisotopic (exact) mass is 369 g/mol. The first-order valence-electron chi connectivity index (χ1n) is 8.49. The van der Waals surface area contributed by atoms with Crippen molar-refractivity contribution in [1.29, 1.82) is 0 Å². The highest BCUT2D eigenvalue weighted by atomic mass is 32.2. The van der Waals surface area contributed by atoms with E-state index in [1.54, 1.807) is 17.0 Å². The summed E-state index contributed by atoms with van der Waals surface area (Å²) in [6, 6.07) is 7.21. The number of hydrogen-bond acceptors (Lipinski definition) is 5. The molecule has 1 heterocycles. The van der Waals surface area contributed by atoms with Gasteiger partial charge in [-0.3, -0.25) is 4.79 Å². The Morgan fingerprint density at radius 1 is 1.16 bits per heavy atom. The molecule has 0 spiro atoms. The van der Waals surface area contributed by atoms with Crippen molar-refractivity contribution in [1.82, 2.24) is 9.21 Å². The molecule has 0 radical (unpaired) electrons. The quantitative estimate of drug-likeness (QED) is 0.715. The molecule has 25 heavy (non-hydrogen) atoms. The predicted octanol–water partition coefficient (Wildman–Crippen LogP) is 0.710. The van der Waals surface area contributed by atoms with Crippen LogP contribution in [0.4, 0.5) is 5.69 Å². The van der Waals surface area contributed by atoms with E-state index in [9.17, 15) is 13.2 Å². The zero-order valence-corrected chi connectivity index (χ0v) is 15.7. The molecule has 0 aromatic heterocycles. The van der Waals surface area contributed by atoms with Crippen molar-refractivity contribution >= 4 is 21.6 Å². The molecule has 2 rings (SSSR count). The van der Waals surface area contributed by atoms with Gasteiger partial charge in [-0.2, -0.15) is 4.31 Å². The Morgan fingerprint density at radius 3 is 2.32 bits per heavy atom. The molecule has 1 fully saturated rings. The lowest BCUT2D eigenvalue weighted by Crippen LogP contribution is -2.51. The van der Waals surface area contributed by atoms with Crippen molar-refractivity contribution in [3.8, 4) is 0 Å².